The molecule has 83 heavy (non-hydrogen) atoms. The summed E-state index contributed by atoms with van der Waals surface area (Å²) in [5.41, 5.74) is 11.0. The van der Waals surface area contributed by atoms with Crippen LogP contribution in [0, 0.1) is 5.92 Å². The number of amidine groups is 1. The number of aliphatic carboxylic acids is 1. The van der Waals surface area contributed by atoms with Gasteiger partial charge in [-0.1, -0.05) is 51.5 Å². The molecule has 3 atom stereocenters. The summed E-state index contributed by atoms with van der Waals surface area (Å²) in [4.78, 5) is 142. The Morgan fingerprint density at radius 1 is 0.843 bits per heavy atom. The van der Waals surface area contributed by atoms with E-state index in [-0.39, 0.29) is 69.8 Å². The number of aliphatic hydroxyl groups is 1. The Morgan fingerprint density at radius 2 is 1.58 bits per heavy atom. The van der Waals surface area contributed by atoms with Gasteiger partial charge in [-0.3, -0.25) is 53.0 Å². The van der Waals surface area contributed by atoms with Crippen molar-refractivity contribution in [1.82, 2.24) is 35.6 Å². The molecule has 0 unspecified atom stereocenters. The molecule has 9 N–H and O–H groups in total. The van der Waals surface area contributed by atoms with Crippen LogP contribution in [0.3, 0.4) is 0 Å². The highest BCUT2D eigenvalue weighted by molar-refractivity contribution is 6.13. The number of carboxylic acids is 1. The third kappa shape index (κ3) is 16.4. The predicted octanol–water partition coefficient (Wildman–Crippen LogP) is 3.87. The number of unbranched alkanes of at least 4 members (excludes halogenated alkanes) is 2. The number of rotatable bonds is 27. The number of aliphatic hydroxyl groups excluding tert-OH is 1. The number of nitrogens with zero attached hydrogens (tertiary/aromatic N) is 5. The van der Waals surface area contributed by atoms with Crippen LogP contribution in [0.25, 0.3) is 6.08 Å². The average molecular weight is 1140 g/mol. The van der Waals surface area contributed by atoms with E-state index in [1.54, 1.807) is 60.2 Å². The highest BCUT2D eigenvalue weighted by atomic mass is 16.6. The number of imide groups is 1. The van der Waals surface area contributed by atoms with E-state index < -0.39 is 83.4 Å². The Kier molecular flexibility index (Phi) is 21.0. The predicted molar refractivity (Wildman–Crippen MR) is 305 cm³/mol. The van der Waals surface area contributed by atoms with Gasteiger partial charge in [0.2, 0.25) is 35.4 Å². The maximum Gasteiger partial charge on any atom is 0.410 e. The molecule has 9 amide bonds. The van der Waals surface area contributed by atoms with E-state index in [4.69, 9.17) is 10.5 Å². The molecule has 24 heteroatoms. The molecular weight excluding hydrogens is 1070 g/mol. The van der Waals surface area contributed by atoms with Crippen LogP contribution < -0.4 is 32.3 Å². The van der Waals surface area contributed by atoms with Crippen LogP contribution in [0.2, 0.25) is 0 Å². The molecule has 24 nitrogen and oxygen atoms in total. The maximum atomic E-state index is 14.0. The Labute approximate surface area is 480 Å². The molecule has 4 heterocycles. The number of carbonyl (C=O) groups is 10. The fourth-order valence-corrected chi connectivity index (χ4v) is 9.92. The van der Waals surface area contributed by atoms with Crippen molar-refractivity contribution in [2.45, 2.75) is 135 Å². The van der Waals surface area contributed by atoms with Gasteiger partial charge in [0.15, 0.2) is 0 Å². The van der Waals surface area contributed by atoms with Gasteiger partial charge in [0.1, 0.15) is 30.6 Å². The van der Waals surface area contributed by atoms with Crippen LogP contribution in [-0.2, 0) is 72.9 Å². The molecule has 3 aromatic rings. The summed E-state index contributed by atoms with van der Waals surface area (Å²) in [6.45, 7) is 7.98. The van der Waals surface area contributed by atoms with Crippen LogP contribution in [0.15, 0.2) is 77.4 Å². The van der Waals surface area contributed by atoms with Gasteiger partial charge in [-0.15, -0.1) is 0 Å². The summed E-state index contributed by atoms with van der Waals surface area (Å²) in [6, 6.07) is 10.4. The van der Waals surface area contributed by atoms with Crippen LogP contribution in [-0.4, -0.2) is 146 Å². The van der Waals surface area contributed by atoms with Crippen molar-refractivity contribution >= 4 is 88.3 Å². The normalized spacial score (nSPS) is 16.0. The second-order valence-electron chi connectivity index (χ2n) is 21.5. The molecule has 1 aromatic heterocycles. The highest BCUT2D eigenvalue weighted by Crippen LogP contribution is 2.50. The number of anilines is 2. The molecule has 1 fully saturated rings. The second kappa shape index (κ2) is 28.3. The first-order valence-corrected chi connectivity index (χ1v) is 28.0. The number of hydrogen-bond donors (Lipinski definition) is 8. The van der Waals surface area contributed by atoms with E-state index in [9.17, 15) is 58.2 Å². The zero-order valence-corrected chi connectivity index (χ0v) is 47.2. The number of nitrogens with two attached hydrogens (primary N) is 1. The standard InChI is InChI=1S/C59H73N11O13/c1-5-23-68(26-27-71)56(80)39-28-38-12-13-41(31-46(38)65-47(60)30-39)59(21-22-59)57(81)64-43-29-40-33-69(25-20-44(40)61-32-43)58(82)83-34-37-10-14-42(15-11-37)63-53(77)36(4)62-55(79)52(35(2)3)67-54(78)45(16-19-51(75)76)66-48(72)9-7-6-8-24-70-49(73)17-18-50(70)74/h10-15,17-18,28-29,31-32,35-36,45,52,71H,5-9,16,19-27,30,33-34H2,1-4H3,(H2,60,65)(H,62,79)(H,63,77)(H,64,81)(H,66,72)(H,67,78)(H,75,76)/t36-,45-,52-/m0/s1. The largest absolute Gasteiger partial charge is 0.481 e. The van der Waals surface area contributed by atoms with Crippen molar-refractivity contribution in [3.05, 3.63) is 100 Å². The van der Waals surface area contributed by atoms with E-state index in [0.29, 0.717) is 85.4 Å². The van der Waals surface area contributed by atoms with Crippen LogP contribution in [0.1, 0.15) is 120 Å². The lowest BCUT2D eigenvalue weighted by molar-refractivity contribution is -0.139. The zero-order chi connectivity index (χ0) is 60.0. The number of pyridine rings is 1. The van der Waals surface area contributed by atoms with Crippen LogP contribution in [0.5, 0.6) is 0 Å². The summed E-state index contributed by atoms with van der Waals surface area (Å²) in [5, 5.41) is 32.4. The molecule has 7 rings (SSSR count). The van der Waals surface area contributed by atoms with Crippen molar-refractivity contribution in [2.24, 2.45) is 16.6 Å². The summed E-state index contributed by atoms with van der Waals surface area (Å²) in [6.07, 6.45) is 8.40. The fraction of sp³-hybridized carbons (Fsp3) is 0.458. The lowest BCUT2D eigenvalue weighted by Crippen LogP contribution is -2.57. The first-order valence-electron chi connectivity index (χ1n) is 28.0. The Hall–Kier alpha value is -8.80. The van der Waals surface area contributed by atoms with Crippen molar-refractivity contribution in [1.29, 1.82) is 0 Å². The van der Waals surface area contributed by atoms with Crippen LogP contribution >= 0.6 is 0 Å². The third-order valence-corrected chi connectivity index (χ3v) is 14.8. The van der Waals surface area contributed by atoms with Gasteiger partial charge >= 0.3 is 12.1 Å². The fourth-order valence-electron chi connectivity index (χ4n) is 9.92. The molecule has 4 aliphatic rings. The first kappa shape index (κ1) is 61.8. The molecule has 0 spiro atoms. The highest BCUT2D eigenvalue weighted by Gasteiger charge is 2.51. The molecule has 0 radical (unpaired) electrons. The quantitative estimate of drug-likeness (QED) is 0.0397. The molecule has 1 saturated carbocycles. The molecule has 0 bridgehead atoms. The van der Waals surface area contributed by atoms with Gasteiger partial charge in [0, 0.05) is 86.5 Å². The monoisotopic (exact) mass is 1140 g/mol. The molecule has 2 aromatic carbocycles. The number of benzene rings is 2. The minimum absolute atomic E-state index is 0.00936. The zero-order valence-electron chi connectivity index (χ0n) is 47.2. The van der Waals surface area contributed by atoms with E-state index in [1.165, 1.54) is 19.1 Å². The van der Waals surface area contributed by atoms with Gasteiger partial charge in [-0.05, 0) is 98.4 Å². The van der Waals surface area contributed by atoms with E-state index in [0.717, 1.165) is 28.1 Å². The first-order chi connectivity index (χ1) is 39.7. The second-order valence-corrected chi connectivity index (χ2v) is 21.5. The number of carbonyl (C=O) groups excluding carboxylic acids is 9. The van der Waals surface area contributed by atoms with Crippen molar-refractivity contribution in [3.8, 4) is 0 Å². The van der Waals surface area contributed by atoms with Gasteiger partial charge in [0.25, 0.3) is 11.8 Å². The molecular formula is C59H73N11O13. The number of amides is 9. The van der Waals surface area contributed by atoms with E-state index in [1.807, 2.05) is 31.2 Å². The Balaban J connectivity index is 0.859. The minimum Gasteiger partial charge on any atom is -0.481 e. The van der Waals surface area contributed by atoms with Gasteiger partial charge in [-0.25, -0.2) is 9.79 Å². The Bertz CT molecular complexity index is 3060. The maximum absolute atomic E-state index is 14.0. The number of fused-ring (bicyclic) bond motifs is 2. The average Bonchev–Trinajstić information content (AvgIpc) is 2.67. The van der Waals surface area contributed by atoms with E-state index >= 15 is 0 Å². The smallest absolute Gasteiger partial charge is 0.410 e. The molecule has 442 valence electrons. The minimum atomic E-state index is -1.28. The van der Waals surface area contributed by atoms with Gasteiger partial charge < -0.3 is 57.1 Å². The molecule has 3 aliphatic heterocycles. The summed E-state index contributed by atoms with van der Waals surface area (Å²) < 4.78 is 5.67. The number of nitrogens with one attached hydrogen (secondary N) is 5. The Morgan fingerprint density at radius 3 is 2.25 bits per heavy atom. The number of hydrogen-bond acceptors (Lipinski definition) is 15. The number of aromatic nitrogens is 1. The van der Waals surface area contributed by atoms with Gasteiger partial charge in [-0.2, -0.15) is 0 Å². The summed E-state index contributed by atoms with van der Waals surface area (Å²) in [5.74, 6) is -5.21. The molecule has 0 saturated heterocycles. The number of ether oxygens (including phenoxy) is 1. The summed E-state index contributed by atoms with van der Waals surface area (Å²) in [7, 11) is 0. The molecule has 1 aliphatic carbocycles. The summed E-state index contributed by atoms with van der Waals surface area (Å²) >= 11 is 0. The van der Waals surface area contributed by atoms with Gasteiger partial charge in [0.05, 0.1) is 36.1 Å². The number of aliphatic imine (C=N–C) groups is 1. The lowest BCUT2D eigenvalue weighted by atomic mass is 9.92. The van der Waals surface area contributed by atoms with Crippen molar-refractivity contribution in [3.63, 3.8) is 0 Å². The van der Waals surface area contributed by atoms with Crippen molar-refractivity contribution in [2.75, 3.05) is 43.4 Å². The lowest BCUT2D eigenvalue weighted by Gasteiger charge is -2.28. The van der Waals surface area contributed by atoms with Crippen LogP contribution in [0.4, 0.5) is 21.9 Å². The SMILES string of the molecule is CCCN(CCO)C(=O)C1=Cc2ccc(C3(C(=O)Nc4cnc5c(c4)CN(C(=O)OCc4ccc(NC(=O)[C@H](C)NC(=O)[C@@H](NC(=O)[C@H](CCC(=O)O)NC(=O)CCCCCN6C(=O)C=CC6=O)C(C)C)cc4)CC5)CC3)cc2N=C(N)C1. The van der Waals surface area contributed by atoms with E-state index in [2.05, 4.69) is 36.6 Å². The third-order valence-electron chi connectivity index (χ3n) is 14.8. The topological polar surface area (TPSA) is 342 Å². The van der Waals surface area contributed by atoms with Crippen molar-refractivity contribution < 1.29 is 62.9 Å². The number of carboxylic acid groups (broad SMARTS) is 1.